The zero-order chi connectivity index (χ0) is 16.7. The number of hydrogen-bond donors (Lipinski definition) is 1. The first-order chi connectivity index (χ1) is 11.1. The highest BCUT2D eigenvalue weighted by Crippen LogP contribution is 2.15. The van der Waals surface area contributed by atoms with Crippen LogP contribution in [0.25, 0.3) is 0 Å². The summed E-state index contributed by atoms with van der Waals surface area (Å²) in [6.07, 6.45) is 0. The smallest absolute Gasteiger partial charge is 0.387 e. The summed E-state index contributed by atoms with van der Waals surface area (Å²) in [5, 5.41) is 2.79. The molecule has 2 rings (SSSR count). The van der Waals surface area contributed by atoms with E-state index in [-0.39, 0.29) is 11.7 Å². The summed E-state index contributed by atoms with van der Waals surface area (Å²) in [4.78, 5) is 12.1. The molecule has 0 spiro atoms. The number of amides is 1. The molecule has 0 aliphatic rings. The Labute approximate surface area is 133 Å². The maximum atomic E-state index is 12.1. The Morgan fingerprint density at radius 2 is 1.74 bits per heavy atom. The molecule has 6 heteroatoms. The molecule has 1 amide bonds. The molecule has 0 aliphatic heterocycles. The summed E-state index contributed by atoms with van der Waals surface area (Å²) in [6.45, 7) is -2.06. The number of nitrogens with one attached hydrogen (secondary N) is 1. The lowest BCUT2D eigenvalue weighted by Gasteiger charge is -2.10. The van der Waals surface area contributed by atoms with Crippen LogP contribution in [0.2, 0.25) is 0 Å². The van der Waals surface area contributed by atoms with Crippen molar-refractivity contribution in [3.63, 3.8) is 0 Å². The van der Waals surface area contributed by atoms with Crippen molar-refractivity contribution in [1.82, 2.24) is 5.32 Å². The van der Waals surface area contributed by atoms with Gasteiger partial charge >= 0.3 is 6.61 Å². The summed E-state index contributed by atoms with van der Waals surface area (Å²) in [5.74, 6) is -0.275. The second-order valence-corrected chi connectivity index (χ2v) is 4.79. The van der Waals surface area contributed by atoms with Crippen LogP contribution in [0, 0.1) is 0 Å². The SMILES string of the molecule is COCc1ccccc1CNC(=O)c1ccc(OC(F)F)cc1. The second-order valence-electron chi connectivity index (χ2n) is 4.79. The number of ether oxygens (including phenoxy) is 2. The van der Waals surface area contributed by atoms with E-state index < -0.39 is 6.61 Å². The van der Waals surface area contributed by atoms with Crippen molar-refractivity contribution >= 4 is 5.91 Å². The Kier molecular flexibility index (Phi) is 6.05. The molecule has 0 saturated heterocycles. The van der Waals surface area contributed by atoms with E-state index >= 15 is 0 Å². The topological polar surface area (TPSA) is 47.6 Å². The van der Waals surface area contributed by atoms with Crippen molar-refractivity contribution in [1.29, 1.82) is 0 Å². The van der Waals surface area contributed by atoms with Crippen LogP contribution in [0.3, 0.4) is 0 Å². The van der Waals surface area contributed by atoms with Gasteiger partial charge in [-0.3, -0.25) is 4.79 Å². The first kappa shape index (κ1) is 16.9. The van der Waals surface area contributed by atoms with E-state index in [1.54, 1.807) is 7.11 Å². The number of carbonyl (C=O) groups excluding carboxylic acids is 1. The summed E-state index contributed by atoms with van der Waals surface area (Å²) in [7, 11) is 1.61. The minimum Gasteiger partial charge on any atom is -0.435 e. The van der Waals surface area contributed by atoms with Gasteiger partial charge in [0.05, 0.1) is 6.61 Å². The molecule has 2 aromatic carbocycles. The fourth-order valence-corrected chi connectivity index (χ4v) is 2.09. The molecule has 122 valence electrons. The summed E-state index contributed by atoms with van der Waals surface area (Å²) in [6, 6.07) is 13.2. The predicted molar refractivity (Wildman–Crippen MR) is 81.4 cm³/mol. The van der Waals surface area contributed by atoms with Crippen molar-refractivity contribution in [3.8, 4) is 5.75 Å². The lowest BCUT2D eigenvalue weighted by atomic mass is 10.1. The fraction of sp³-hybridized carbons (Fsp3) is 0.235. The van der Waals surface area contributed by atoms with E-state index in [2.05, 4.69) is 10.1 Å². The summed E-state index contributed by atoms with van der Waals surface area (Å²) in [5.41, 5.74) is 2.33. The van der Waals surface area contributed by atoms with Gasteiger partial charge in [0, 0.05) is 19.2 Å². The van der Waals surface area contributed by atoms with E-state index in [0.717, 1.165) is 11.1 Å². The third-order valence-electron chi connectivity index (χ3n) is 3.20. The van der Waals surface area contributed by atoms with Crippen LogP contribution in [0.1, 0.15) is 21.5 Å². The Morgan fingerprint density at radius 3 is 2.35 bits per heavy atom. The Morgan fingerprint density at radius 1 is 1.09 bits per heavy atom. The molecule has 0 unspecified atom stereocenters. The quantitative estimate of drug-likeness (QED) is 0.850. The number of halogens is 2. The Balaban J connectivity index is 1.97. The summed E-state index contributed by atoms with van der Waals surface area (Å²) < 4.78 is 33.5. The van der Waals surface area contributed by atoms with Crippen molar-refractivity contribution in [2.45, 2.75) is 19.8 Å². The fourth-order valence-electron chi connectivity index (χ4n) is 2.09. The first-order valence-corrected chi connectivity index (χ1v) is 6.99. The van der Waals surface area contributed by atoms with Gasteiger partial charge in [-0.1, -0.05) is 24.3 Å². The highest BCUT2D eigenvalue weighted by atomic mass is 19.3. The zero-order valence-corrected chi connectivity index (χ0v) is 12.6. The Hall–Kier alpha value is -2.47. The number of carbonyl (C=O) groups is 1. The van der Waals surface area contributed by atoms with E-state index in [0.29, 0.717) is 18.7 Å². The first-order valence-electron chi connectivity index (χ1n) is 6.99. The van der Waals surface area contributed by atoms with Gasteiger partial charge < -0.3 is 14.8 Å². The van der Waals surface area contributed by atoms with E-state index in [9.17, 15) is 13.6 Å². The maximum absolute atomic E-state index is 12.1. The normalized spacial score (nSPS) is 10.6. The molecule has 0 aromatic heterocycles. The molecular formula is C17H17F2NO3. The van der Waals surface area contributed by atoms with E-state index in [1.807, 2.05) is 24.3 Å². The van der Waals surface area contributed by atoms with Crippen LogP contribution < -0.4 is 10.1 Å². The lowest BCUT2D eigenvalue weighted by Crippen LogP contribution is -2.23. The molecule has 2 aromatic rings. The molecule has 0 fully saturated rings. The van der Waals surface area contributed by atoms with Crippen LogP contribution in [0.5, 0.6) is 5.75 Å². The molecule has 1 N–H and O–H groups in total. The van der Waals surface area contributed by atoms with Crippen LogP contribution in [-0.2, 0) is 17.9 Å². The van der Waals surface area contributed by atoms with Crippen LogP contribution in [-0.4, -0.2) is 19.6 Å². The van der Waals surface area contributed by atoms with E-state index in [1.165, 1.54) is 24.3 Å². The molecule has 0 bridgehead atoms. The van der Waals surface area contributed by atoms with Crippen molar-refractivity contribution in [2.75, 3.05) is 7.11 Å². The minimum absolute atomic E-state index is 0.0157. The molecule has 0 saturated carbocycles. The largest absolute Gasteiger partial charge is 0.435 e. The van der Waals surface area contributed by atoms with Gasteiger partial charge in [0.1, 0.15) is 5.75 Å². The van der Waals surface area contributed by atoms with Gasteiger partial charge in [-0.15, -0.1) is 0 Å². The average Bonchev–Trinajstić information content (AvgIpc) is 2.54. The van der Waals surface area contributed by atoms with Gasteiger partial charge in [-0.2, -0.15) is 8.78 Å². The molecule has 0 atom stereocenters. The monoisotopic (exact) mass is 321 g/mol. The number of rotatable bonds is 7. The number of methoxy groups -OCH3 is 1. The zero-order valence-electron chi connectivity index (χ0n) is 12.6. The van der Waals surface area contributed by atoms with Crippen molar-refractivity contribution in [2.24, 2.45) is 0 Å². The van der Waals surface area contributed by atoms with Crippen LogP contribution in [0.15, 0.2) is 48.5 Å². The number of alkyl halides is 2. The van der Waals surface area contributed by atoms with Gasteiger partial charge in [0.25, 0.3) is 5.91 Å². The average molecular weight is 321 g/mol. The van der Waals surface area contributed by atoms with Gasteiger partial charge in [0.2, 0.25) is 0 Å². The lowest BCUT2D eigenvalue weighted by molar-refractivity contribution is -0.0498. The molecule has 0 radical (unpaired) electrons. The maximum Gasteiger partial charge on any atom is 0.387 e. The second kappa shape index (κ2) is 8.24. The van der Waals surface area contributed by atoms with Gasteiger partial charge in [0.15, 0.2) is 0 Å². The highest BCUT2D eigenvalue weighted by molar-refractivity contribution is 5.94. The van der Waals surface area contributed by atoms with Crippen molar-refractivity contribution < 1.29 is 23.0 Å². The molecule has 0 heterocycles. The van der Waals surface area contributed by atoms with Crippen LogP contribution >= 0.6 is 0 Å². The third-order valence-corrected chi connectivity index (χ3v) is 3.20. The van der Waals surface area contributed by atoms with Gasteiger partial charge in [-0.25, -0.2) is 0 Å². The minimum atomic E-state index is -2.88. The molecule has 23 heavy (non-hydrogen) atoms. The number of benzene rings is 2. The third kappa shape index (κ3) is 5.03. The van der Waals surface area contributed by atoms with E-state index in [4.69, 9.17) is 4.74 Å². The predicted octanol–water partition coefficient (Wildman–Crippen LogP) is 3.36. The standard InChI is InChI=1S/C17H17F2NO3/c1-22-11-14-5-3-2-4-13(14)10-20-16(21)12-6-8-15(9-7-12)23-17(18)19/h2-9,17H,10-11H2,1H3,(H,20,21). The Bertz CT molecular complexity index is 645. The molecule has 4 nitrogen and oxygen atoms in total. The highest BCUT2D eigenvalue weighted by Gasteiger charge is 2.09. The van der Waals surface area contributed by atoms with Crippen LogP contribution in [0.4, 0.5) is 8.78 Å². The van der Waals surface area contributed by atoms with Gasteiger partial charge in [-0.05, 0) is 35.4 Å². The van der Waals surface area contributed by atoms with Crippen molar-refractivity contribution in [3.05, 3.63) is 65.2 Å². The molecule has 0 aliphatic carbocycles. The summed E-state index contributed by atoms with van der Waals surface area (Å²) >= 11 is 0. The molecular weight excluding hydrogens is 304 g/mol. The number of hydrogen-bond acceptors (Lipinski definition) is 3.